The summed E-state index contributed by atoms with van der Waals surface area (Å²) in [6.45, 7) is 1.58. The number of fused-ring (bicyclic) bond motifs is 2. The van der Waals surface area contributed by atoms with Crippen LogP contribution in [0.15, 0.2) is 0 Å². The Morgan fingerprint density at radius 2 is 2.33 bits per heavy atom. The molecule has 52 valence electrons. The molecule has 2 bridgehead atoms. The third-order valence-electron chi connectivity index (χ3n) is 2.70. The largest absolute Gasteiger partial charge is 0.396 e. The Bertz CT molecular complexity index is 115. The molecule has 0 amide bonds. The molecule has 1 saturated carbocycles. The fraction of sp³-hybridized carbons (Fsp3) is 1.00. The first-order valence-corrected chi connectivity index (χ1v) is 3.74. The summed E-state index contributed by atoms with van der Waals surface area (Å²) >= 11 is 0. The predicted molar refractivity (Wildman–Crippen MR) is 35.1 cm³/mol. The highest BCUT2D eigenvalue weighted by molar-refractivity contribution is 4.94. The fourth-order valence-corrected chi connectivity index (χ4v) is 2.18. The van der Waals surface area contributed by atoms with Crippen LogP contribution in [0.1, 0.15) is 12.8 Å². The summed E-state index contributed by atoms with van der Waals surface area (Å²) in [7, 11) is 0. The standard InChI is InChI=1S/C7H13NO/c9-4-6-1-5-2-7(6)8-3-5/h5-9H,1-4H2/t5-,6+,7-/m0/s1. The summed E-state index contributed by atoms with van der Waals surface area (Å²) in [5.41, 5.74) is 0. The van der Waals surface area contributed by atoms with Gasteiger partial charge in [0.25, 0.3) is 0 Å². The molecule has 0 aromatic carbocycles. The Morgan fingerprint density at radius 3 is 2.67 bits per heavy atom. The Balaban J connectivity index is 2.01. The average Bonchev–Trinajstić information content (AvgIpc) is 2.45. The van der Waals surface area contributed by atoms with Crippen molar-refractivity contribution in [3.05, 3.63) is 0 Å². The molecule has 0 aromatic rings. The average molecular weight is 127 g/mol. The van der Waals surface area contributed by atoms with Crippen LogP contribution >= 0.6 is 0 Å². The number of hydrogen-bond acceptors (Lipinski definition) is 2. The molecule has 0 radical (unpaired) electrons. The van der Waals surface area contributed by atoms with Crippen LogP contribution in [0.5, 0.6) is 0 Å². The van der Waals surface area contributed by atoms with Crippen molar-refractivity contribution >= 4 is 0 Å². The highest BCUT2D eigenvalue weighted by atomic mass is 16.3. The van der Waals surface area contributed by atoms with Crippen molar-refractivity contribution < 1.29 is 5.11 Å². The molecule has 0 aromatic heterocycles. The highest BCUT2D eigenvalue weighted by Crippen LogP contribution is 2.35. The topological polar surface area (TPSA) is 32.3 Å². The number of hydrogen-bond donors (Lipinski definition) is 2. The van der Waals surface area contributed by atoms with E-state index in [4.69, 9.17) is 5.11 Å². The molecule has 1 heterocycles. The Kier molecular flexibility index (Phi) is 1.24. The molecule has 2 nitrogen and oxygen atoms in total. The summed E-state index contributed by atoms with van der Waals surface area (Å²) < 4.78 is 0. The van der Waals surface area contributed by atoms with Gasteiger partial charge in [0.1, 0.15) is 0 Å². The zero-order valence-corrected chi connectivity index (χ0v) is 5.51. The lowest BCUT2D eigenvalue weighted by atomic mass is 10.0. The van der Waals surface area contributed by atoms with Gasteiger partial charge in [0.05, 0.1) is 0 Å². The van der Waals surface area contributed by atoms with Crippen LogP contribution in [0.3, 0.4) is 0 Å². The van der Waals surface area contributed by atoms with E-state index in [1.165, 1.54) is 19.4 Å². The minimum atomic E-state index is 0.383. The van der Waals surface area contributed by atoms with Crippen LogP contribution in [-0.4, -0.2) is 24.3 Å². The second-order valence-corrected chi connectivity index (χ2v) is 3.29. The quantitative estimate of drug-likeness (QED) is 0.518. The second-order valence-electron chi connectivity index (χ2n) is 3.29. The normalized spacial score (nSPS) is 48.3. The SMILES string of the molecule is OC[C@H]1C[C@@H]2CN[C@H]1C2. The minimum Gasteiger partial charge on any atom is -0.396 e. The summed E-state index contributed by atoms with van der Waals surface area (Å²) in [6, 6.07) is 0.653. The lowest BCUT2D eigenvalue weighted by Gasteiger charge is -2.19. The maximum absolute atomic E-state index is 8.85. The summed E-state index contributed by atoms with van der Waals surface area (Å²) in [5, 5.41) is 12.2. The van der Waals surface area contributed by atoms with Crippen LogP contribution in [0.2, 0.25) is 0 Å². The molecule has 1 aliphatic carbocycles. The van der Waals surface area contributed by atoms with E-state index in [0.717, 1.165) is 5.92 Å². The molecule has 2 fully saturated rings. The molecule has 0 unspecified atom stereocenters. The van der Waals surface area contributed by atoms with Crippen molar-refractivity contribution in [3.8, 4) is 0 Å². The van der Waals surface area contributed by atoms with Crippen molar-refractivity contribution in [1.29, 1.82) is 0 Å². The molecule has 9 heavy (non-hydrogen) atoms. The molecule has 1 aliphatic heterocycles. The van der Waals surface area contributed by atoms with Crippen molar-refractivity contribution in [2.24, 2.45) is 11.8 Å². The number of aliphatic hydroxyl groups is 1. The van der Waals surface area contributed by atoms with Crippen LogP contribution in [-0.2, 0) is 0 Å². The summed E-state index contributed by atoms with van der Waals surface area (Å²) in [5.74, 6) is 1.45. The molecule has 2 N–H and O–H groups in total. The minimum absolute atomic E-state index is 0.383. The van der Waals surface area contributed by atoms with Gasteiger partial charge in [0, 0.05) is 12.6 Å². The smallest absolute Gasteiger partial charge is 0.0474 e. The fourth-order valence-electron chi connectivity index (χ4n) is 2.18. The maximum Gasteiger partial charge on any atom is 0.0474 e. The van der Waals surface area contributed by atoms with Gasteiger partial charge in [0.2, 0.25) is 0 Å². The summed E-state index contributed by atoms with van der Waals surface area (Å²) in [4.78, 5) is 0. The molecule has 1 saturated heterocycles. The van der Waals surface area contributed by atoms with Gasteiger partial charge in [-0.3, -0.25) is 0 Å². The lowest BCUT2D eigenvalue weighted by Crippen LogP contribution is -2.34. The summed E-state index contributed by atoms with van der Waals surface area (Å²) in [6.07, 6.45) is 2.57. The van der Waals surface area contributed by atoms with Crippen LogP contribution in [0, 0.1) is 11.8 Å². The van der Waals surface area contributed by atoms with Crippen LogP contribution in [0.25, 0.3) is 0 Å². The van der Waals surface area contributed by atoms with E-state index >= 15 is 0 Å². The van der Waals surface area contributed by atoms with E-state index < -0.39 is 0 Å². The molecule has 0 spiro atoms. The van der Waals surface area contributed by atoms with E-state index in [9.17, 15) is 0 Å². The number of piperidine rings is 1. The van der Waals surface area contributed by atoms with Gasteiger partial charge in [-0.2, -0.15) is 0 Å². The van der Waals surface area contributed by atoms with Gasteiger partial charge in [-0.15, -0.1) is 0 Å². The third kappa shape index (κ3) is 0.775. The zero-order valence-electron chi connectivity index (χ0n) is 5.51. The molecule has 2 heteroatoms. The maximum atomic E-state index is 8.85. The lowest BCUT2D eigenvalue weighted by molar-refractivity contribution is 0.193. The van der Waals surface area contributed by atoms with Crippen LogP contribution in [0.4, 0.5) is 0 Å². The monoisotopic (exact) mass is 127 g/mol. The third-order valence-corrected chi connectivity index (χ3v) is 2.70. The van der Waals surface area contributed by atoms with Gasteiger partial charge in [0.15, 0.2) is 0 Å². The highest BCUT2D eigenvalue weighted by Gasteiger charge is 2.38. The van der Waals surface area contributed by atoms with Crippen molar-refractivity contribution in [3.63, 3.8) is 0 Å². The van der Waals surface area contributed by atoms with E-state index in [1.807, 2.05) is 0 Å². The van der Waals surface area contributed by atoms with Crippen LogP contribution < -0.4 is 5.32 Å². The molecule has 3 atom stereocenters. The first-order chi connectivity index (χ1) is 4.40. The van der Waals surface area contributed by atoms with E-state index in [2.05, 4.69) is 5.32 Å². The molecular weight excluding hydrogens is 114 g/mol. The molecule has 2 rings (SSSR count). The van der Waals surface area contributed by atoms with E-state index in [1.54, 1.807) is 0 Å². The number of aliphatic hydroxyl groups excluding tert-OH is 1. The zero-order chi connectivity index (χ0) is 6.27. The van der Waals surface area contributed by atoms with Crippen molar-refractivity contribution in [2.75, 3.05) is 13.2 Å². The van der Waals surface area contributed by atoms with Crippen molar-refractivity contribution in [2.45, 2.75) is 18.9 Å². The van der Waals surface area contributed by atoms with Gasteiger partial charge < -0.3 is 10.4 Å². The van der Waals surface area contributed by atoms with Gasteiger partial charge >= 0.3 is 0 Å². The van der Waals surface area contributed by atoms with Gasteiger partial charge in [-0.25, -0.2) is 0 Å². The molecule has 2 aliphatic rings. The number of nitrogens with one attached hydrogen (secondary N) is 1. The van der Waals surface area contributed by atoms with E-state index in [-0.39, 0.29) is 0 Å². The Morgan fingerprint density at radius 1 is 1.44 bits per heavy atom. The van der Waals surface area contributed by atoms with Gasteiger partial charge in [-0.1, -0.05) is 0 Å². The van der Waals surface area contributed by atoms with E-state index in [0.29, 0.717) is 18.6 Å². The first-order valence-electron chi connectivity index (χ1n) is 3.74. The number of rotatable bonds is 1. The second kappa shape index (κ2) is 1.96. The Hall–Kier alpha value is -0.0800. The first kappa shape index (κ1) is 5.69. The predicted octanol–water partition coefficient (Wildman–Crippen LogP) is -0.0233. The Labute approximate surface area is 55.3 Å². The molecular formula is C7H13NO. The van der Waals surface area contributed by atoms with Crippen molar-refractivity contribution in [1.82, 2.24) is 5.32 Å². The van der Waals surface area contributed by atoms with Gasteiger partial charge in [-0.05, 0) is 31.2 Å².